The van der Waals surface area contributed by atoms with Gasteiger partial charge < -0.3 is 0 Å². The van der Waals surface area contributed by atoms with Gasteiger partial charge in [0.2, 0.25) is 0 Å². The molecule has 0 nitrogen and oxygen atoms in total. The van der Waals surface area contributed by atoms with Crippen molar-refractivity contribution in [3.8, 4) is 0 Å². The molecule has 0 aliphatic carbocycles. The van der Waals surface area contributed by atoms with E-state index in [-0.39, 0.29) is 0 Å². The summed E-state index contributed by atoms with van der Waals surface area (Å²) in [6, 6.07) is 0. The van der Waals surface area contributed by atoms with Gasteiger partial charge in [-0.25, -0.2) is 0 Å². The molecule has 0 heterocycles. The van der Waals surface area contributed by atoms with Crippen LogP contribution < -0.4 is 0 Å². The molecule has 0 atom stereocenters. The quantitative estimate of drug-likeness (QED) is 0.622. The predicted octanol–water partition coefficient (Wildman–Crippen LogP) is 3.69. The number of unbranched alkanes of at least 4 members (excludes halogenated alkanes) is 1. The van der Waals surface area contributed by atoms with Crippen LogP contribution >= 0.6 is 27.5 Å². The molecule has 0 amide bonds. The molecule has 0 aliphatic heterocycles. The molecule has 0 saturated carbocycles. The van der Waals surface area contributed by atoms with Crippen LogP contribution in [0.25, 0.3) is 0 Å². The minimum Gasteiger partial charge on any atom is -0.0895 e. The van der Waals surface area contributed by atoms with Crippen LogP contribution in [0.4, 0.5) is 0 Å². The summed E-state index contributed by atoms with van der Waals surface area (Å²) in [4.78, 5) is 0. The summed E-state index contributed by atoms with van der Waals surface area (Å²) in [5, 5.41) is 1.85. The van der Waals surface area contributed by atoms with Crippen molar-refractivity contribution in [2.24, 2.45) is 0 Å². The molecule has 0 aromatic heterocycles. The van der Waals surface area contributed by atoms with Crippen molar-refractivity contribution in [1.82, 2.24) is 0 Å². The number of alkyl halides is 1. The zero-order valence-corrected chi connectivity index (χ0v) is 8.00. The van der Waals surface area contributed by atoms with E-state index in [9.17, 15) is 0 Å². The highest BCUT2D eigenvalue weighted by Gasteiger charge is 1.88. The zero-order chi connectivity index (χ0) is 7.11. The van der Waals surface area contributed by atoms with E-state index in [0.717, 1.165) is 16.8 Å². The first-order chi connectivity index (χ1) is 4.31. The van der Waals surface area contributed by atoms with Gasteiger partial charge in [0.1, 0.15) is 0 Å². The summed E-state index contributed by atoms with van der Waals surface area (Å²) in [5.74, 6) is 0. The Morgan fingerprint density at radius 2 is 2.33 bits per heavy atom. The van der Waals surface area contributed by atoms with E-state index in [0.29, 0.717) is 0 Å². The number of halogens is 2. The lowest BCUT2D eigenvalue weighted by Gasteiger charge is -1.93. The molecule has 0 spiro atoms. The van der Waals surface area contributed by atoms with Crippen LogP contribution in [0.5, 0.6) is 0 Å². The molecule has 0 aliphatic rings. The molecule has 2 heteroatoms. The molecule has 0 unspecified atom stereocenters. The van der Waals surface area contributed by atoms with Crippen LogP contribution in [0.1, 0.15) is 26.2 Å². The summed E-state index contributed by atoms with van der Waals surface area (Å²) in [5.41, 5.74) is 0. The van der Waals surface area contributed by atoms with Crippen LogP contribution in [0.2, 0.25) is 0 Å². The average molecular weight is 212 g/mol. The SMILES string of the molecule is CCCCC(Cl)=CCBr. The number of rotatable bonds is 4. The summed E-state index contributed by atoms with van der Waals surface area (Å²) in [6.45, 7) is 2.16. The molecule has 0 radical (unpaired) electrons. The highest BCUT2D eigenvalue weighted by molar-refractivity contribution is 9.09. The van der Waals surface area contributed by atoms with Crippen LogP contribution in [-0.2, 0) is 0 Å². The molecule has 9 heavy (non-hydrogen) atoms. The fourth-order valence-corrected chi connectivity index (χ4v) is 1.32. The number of allylic oxidation sites excluding steroid dienone is 2. The van der Waals surface area contributed by atoms with Crippen molar-refractivity contribution in [3.63, 3.8) is 0 Å². The van der Waals surface area contributed by atoms with Gasteiger partial charge in [-0.1, -0.05) is 47.0 Å². The van der Waals surface area contributed by atoms with Gasteiger partial charge in [0.05, 0.1) is 0 Å². The lowest BCUT2D eigenvalue weighted by atomic mass is 10.2. The first-order valence-electron chi connectivity index (χ1n) is 3.21. The first kappa shape index (κ1) is 9.51. The van der Waals surface area contributed by atoms with E-state index in [1.807, 2.05) is 6.08 Å². The third kappa shape index (κ3) is 6.39. The minimum atomic E-state index is 0.871. The van der Waals surface area contributed by atoms with Gasteiger partial charge in [-0.15, -0.1) is 0 Å². The van der Waals surface area contributed by atoms with Crippen molar-refractivity contribution >= 4 is 27.5 Å². The normalized spacial score (nSPS) is 12.1. The molecule has 0 N–H and O–H groups in total. The van der Waals surface area contributed by atoms with Crippen LogP contribution in [0.15, 0.2) is 11.1 Å². The Labute approximate surface area is 70.4 Å². The lowest BCUT2D eigenvalue weighted by molar-refractivity contribution is 0.807. The van der Waals surface area contributed by atoms with Gasteiger partial charge in [-0.2, -0.15) is 0 Å². The molecule has 0 saturated heterocycles. The highest BCUT2D eigenvalue weighted by atomic mass is 79.9. The zero-order valence-electron chi connectivity index (χ0n) is 5.66. The van der Waals surface area contributed by atoms with Gasteiger partial charge in [0, 0.05) is 10.4 Å². The largest absolute Gasteiger partial charge is 0.0895 e. The second kappa shape index (κ2) is 6.63. The Morgan fingerprint density at radius 1 is 1.67 bits per heavy atom. The van der Waals surface area contributed by atoms with Crippen LogP contribution in [-0.4, -0.2) is 5.33 Å². The standard InChI is InChI=1S/C7H12BrCl/c1-2-3-4-7(9)5-6-8/h5H,2-4,6H2,1H3. The number of hydrogen-bond acceptors (Lipinski definition) is 0. The molecule has 0 fully saturated rings. The average Bonchev–Trinajstić information content (AvgIpc) is 1.85. The van der Waals surface area contributed by atoms with E-state index in [1.54, 1.807) is 0 Å². The summed E-state index contributed by atoms with van der Waals surface area (Å²) >= 11 is 9.07. The Hall–Kier alpha value is 0.510. The van der Waals surface area contributed by atoms with E-state index in [1.165, 1.54) is 12.8 Å². The summed E-state index contributed by atoms with van der Waals surface area (Å²) in [6.07, 6.45) is 5.44. The Morgan fingerprint density at radius 3 is 2.78 bits per heavy atom. The maximum absolute atomic E-state index is 5.79. The molecule has 0 aromatic carbocycles. The van der Waals surface area contributed by atoms with Gasteiger partial charge in [0.25, 0.3) is 0 Å². The summed E-state index contributed by atoms with van der Waals surface area (Å²) < 4.78 is 0. The third-order valence-electron chi connectivity index (χ3n) is 1.07. The molecular weight excluding hydrogens is 199 g/mol. The molecule has 0 bridgehead atoms. The van der Waals surface area contributed by atoms with Crippen molar-refractivity contribution in [2.45, 2.75) is 26.2 Å². The first-order valence-corrected chi connectivity index (χ1v) is 4.71. The third-order valence-corrected chi connectivity index (χ3v) is 1.73. The van der Waals surface area contributed by atoms with Crippen molar-refractivity contribution in [3.05, 3.63) is 11.1 Å². The van der Waals surface area contributed by atoms with Crippen molar-refractivity contribution in [2.75, 3.05) is 5.33 Å². The monoisotopic (exact) mass is 210 g/mol. The Bertz CT molecular complexity index is 88.9. The second-order valence-electron chi connectivity index (χ2n) is 1.91. The Kier molecular flexibility index (Phi) is 7.00. The number of hydrogen-bond donors (Lipinski definition) is 0. The second-order valence-corrected chi connectivity index (χ2v) is 3.04. The van der Waals surface area contributed by atoms with Crippen LogP contribution in [0.3, 0.4) is 0 Å². The van der Waals surface area contributed by atoms with E-state index >= 15 is 0 Å². The lowest BCUT2D eigenvalue weighted by Crippen LogP contribution is -1.74. The topological polar surface area (TPSA) is 0 Å². The fourth-order valence-electron chi connectivity index (χ4n) is 0.531. The van der Waals surface area contributed by atoms with E-state index in [2.05, 4.69) is 22.9 Å². The Balaban J connectivity index is 3.25. The van der Waals surface area contributed by atoms with Crippen molar-refractivity contribution in [1.29, 1.82) is 0 Å². The van der Waals surface area contributed by atoms with Crippen molar-refractivity contribution < 1.29 is 0 Å². The minimum absolute atomic E-state index is 0.871. The molecular formula is C7H12BrCl. The van der Waals surface area contributed by atoms with E-state index in [4.69, 9.17) is 11.6 Å². The van der Waals surface area contributed by atoms with Gasteiger partial charge in [-0.3, -0.25) is 0 Å². The van der Waals surface area contributed by atoms with Crippen LogP contribution in [0, 0.1) is 0 Å². The van der Waals surface area contributed by atoms with Gasteiger partial charge >= 0.3 is 0 Å². The maximum Gasteiger partial charge on any atom is 0.0226 e. The molecule has 0 rings (SSSR count). The fraction of sp³-hybridized carbons (Fsp3) is 0.714. The maximum atomic E-state index is 5.79. The predicted molar refractivity (Wildman–Crippen MR) is 47.3 cm³/mol. The van der Waals surface area contributed by atoms with E-state index < -0.39 is 0 Å². The molecule has 0 aromatic rings. The highest BCUT2D eigenvalue weighted by Crippen LogP contribution is 2.11. The van der Waals surface area contributed by atoms with Gasteiger partial charge in [0.15, 0.2) is 0 Å². The smallest absolute Gasteiger partial charge is 0.0226 e. The summed E-state index contributed by atoms with van der Waals surface area (Å²) in [7, 11) is 0. The van der Waals surface area contributed by atoms with Gasteiger partial charge in [-0.05, 0) is 12.8 Å². The molecule has 54 valence electrons.